The van der Waals surface area contributed by atoms with Crippen LogP contribution in [0.15, 0.2) is 41.3 Å². The summed E-state index contributed by atoms with van der Waals surface area (Å²) in [5.74, 6) is 0.687. The van der Waals surface area contributed by atoms with E-state index in [0.29, 0.717) is 12.2 Å². The molecule has 0 spiro atoms. The van der Waals surface area contributed by atoms with Crippen LogP contribution in [-0.4, -0.2) is 16.4 Å². The zero-order valence-electron chi connectivity index (χ0n) is 11.8. The highest BCUT2D eigenvalue weighted by atomic mass is 16.3. The number of benzene rings is 1. The fraction of sp³-hybridized carbons (Fsp3) is 0.375. The van der Waals surface area contributed by atoms with E-state index in [4.69, 9.17) is 10.2 Å². The summed E-state index contributed by atoms with van der Waals surface area (Å²) in [6, 6.07) is 7.50. The van der Waals surface area contributed by atoms with E-state index in [1.54, 1.807) is 6.20 Å². The molecule has 0 aliphatic heterocycles. The van der Waals surface area contributed by atoms with Crippen LogP contribution in [0.1, 0.15) is 32.1 Å². The number of hydrogen-bond acceptors (Lipinski definition) is 4. The van der Waals surface area contributed by atoms with Crippen LogP contribution in [0.5, 0.6) is 0 Å². The van der Waals surface area contributed by atoms with Crippen molar-refractivity contribution in [2.24, 2.45) is 5.73 Å². The summed E-state index contributed by atoms with van der Waals surface area (Å²) in [5, 5.41) is 2.90. The number of rotatable bonds is 4. The van der Waals surface area contributed by atoms with Gasteiger partial charge in [-0.25, -0.2) is 4.98 Å². The summed E-state index contributed by atoms with van der Waals surface area (Å²) in [6.07, 6.45) is 7.55. The van der Waals surface area contributed by atoms with Crippen LogP contribution in [0.2, 0.25) is 0 Å². The summed E-state index contributed by atoms with van der Waals surface area (Å²) in [6.45, 7) is 0. The molecule has 21 heavy (non-hydrogen) atoms. The third-order valence-electron chi connectivity index (χ3n) is 4.00. The minimum Gasteiger partial charge on any atom is -0.444 e. The lowest BCUT2D eigenvalue weighted by atomic mass is 9.94. The predicted molar refractivity (Wildman–Crippen MR) is 80.6 cm³/mol. The molecule has 1 amide bonds. The van der Waals surface area contributed by atoms with Gasteiger partial charge in [0.2, 0.25) is 5.91 Å². The first kappa shape index (κ1) is 13.8. The number of anilines is 1. The van der Waals surface area contributed by atoms with E-state index in [0.717, 1.165) is 36.9 Å². The quantitative estimate of drug-likeness (QED) is 0.905. The van der Waals surface area contributed by atoms with E-state index in [-0.39, 0.29) is 11.4 Å². The topological polar surface area (TPSA) is 81.2 Å². The summed E-state index contributed by atoms with van der Waals surface area (Å²) in [5.41, 5.74) is 7.60. The van der Waals surface area contributed by atoms with E-state index < -0.39 is 0 Å². The lowest BCUT2D eigenvalue weighted by molar-refractivity contribution is -0.117. The third-order valence-corrected chi connectivity index (χ3v) is 4.00. The van der Waals surface area contributed by atoms with Crippen LogP contribution in [0.4, 0.5) is 5.69 Å². The van der Waals surface area contributed by atoms with Gasteiger partial charge in [-0.3, -0.25) is 4.79 Å². The molecule has 3 rings (SSSR count). The molecule has 0 saturated heterocycles. The van der Waals surface area contributed by atoms with Crippen molar-refractivity contribution >= 4 is 11.6 Å². The number of carbonyl (C=O) groups excluding carboxylic acids is 1. The highest BCUT2D eigenvalue weighted by molar-refractivity contribution is 5.91. The fourth-order valence-electron chi connectivity index (χ4n) is 2.86. The zero-order chi connectivity index (χ0) is 14.7. The van der Waals surface area contributed by atoms with Gasteiger partial charge in [-0.05, 0) is 37.1 Å². The van der Waals surface area contributed by atoms with Gasteiger partial charge in [-0.2, -0.15) is 0 Å². The summed E-state index contributed by atoms with van der Waals surface area (Å²) < 4.78 is 5.23. The van der Waals surface area contributed by atoms with Gasteiger partial charge in [0.1, 0.15) is 0 Å². The van der Waals surface area contributed by atoms with E-state index in [1.807, 2.05) is 24.3 Å². The van der Waals surface area contributed by atoms with Crippen LogP contribution < -0.4 is 11.1 Å². The Morgan fingerprint density at radius 3 is 2.62 bits per heavy atom. The Morgan fingerprint density at radius 1 is 1.29 bits per heavy atom. The number of aromatic nitrogens is 1. The van der Waals surface area contributed by atoms with Crippen molar-refractivity contribution in [2.45, 2.75) is 37.6 Å². The summed E-state index contributed by atoms with van der Waals surface area (Å²) >= 11 is 0. The number of nitrogens with two attached hydrogens (primary N) is 1. The van der Waals surface area contributed by atoms with Gasteiger partial charge in [0, 0.05) is 23.2 Å². The Bertz CT molecular complexity index is 599. The smallest absolute Gasteiger partial charge is 0.226 e. The molecule has 3 N–H and O–H groups in total. The van der Waals surface area contributed by atoms with Gasteiger partial charge in [-0.15, -0.1) is 0 Å². The van der Waals surface area contributed by atoms with Crippen molar-refractivity contribution in [1.82, 2.24) is 4.98 Å². The summed E-state index contributed by atoms with van der Waals surface area (Å²) in [4.78, 5) is 16.0. The van der Waals surface area contributed by atoms with Crippen LogP contribution in [0.25, 0.3) is 11.3 Å². The molecule has 1 fully saturated rings. The molecule has 1 aromatic heterocycles. The van der Waals surface area contributed by atoms with E-state index in [9.17, 15) is 4.79 Å². The highest BCUT2D eigenvalue weighted by Crippen LogP contribution is 2.30. The second-order valence-electron chi connectivity index (χ2n) is 5.74. The van der Waals surface area contributed by atoms with E-state index in [1.165, 1.54) is 6.39 Å². The Morgan fingerprint density at radius 2 is 2.00 bits per heavy atom. The van der Waals surface area contributed by atoms with Crippen molar-refractivity contribution in [3.63, 3.8) is 0 Å². The second-order valence-corrected chi connectivity index (χ2v) is 5.74. The first-order valence-electron chi connectivity index (χ1n) is 7.22. The van der Waals surface area contributed by atoms with Gasteiger partial charge < -0.3 is 15.5 Å². The first-order valence-corrected chi connectivity index (χ1v) is 7.22. The van der Waals surface area contributed by atoms with E-state index in [2.05, 4.69) is 10.3 Å². The lowest BCUT2D eigenvalue weighted by Gasteiger charge is -2.22. The van der Waals surface area contributed by atoms with Crippen LogP contribution >= 0.6 is 0 Å². The van der Waals surface area contributed by atoms with Gasteiger partial charge in [-0.1, -0.05) is 12.8 Å². The standard InChI is InChI=1S/C16H19N3O2/c17-16(7-1-2-8-16)9-15(20)19-13-5-3-12(4-6-13)14-10-18-11-21-14/h3-6,10-11H,1-2,7-9,17H2,(H,19,20). The molecular weight excluding hydrogens is 266 g/mol. The van der Waals surface area contributed by atoms with Gasteiger partial charge in [0.05, 0.1) is 6.20 Å². The number of nitrogens with zero attached hydrogens (tertiary/aromatic N) is 1. The molecule has 1 aliphatic carbocycles. The molecule has 1 aliphatic rings. The highest BCUT2D eigenvalue weighted by Gasteiger charge is 2.31. The lowest BCUT2D eigenvalue weighted by Crippen LogP contribution is -2.40. The van der Waals surface area contributed by atoms with Crippen molar-refractivity contribution < 1.29 is 9.21 Å². The molecule has 5 heteroatoms. The van der Waals surface area contributed by atoms with Crippen molar-refractivity contribution in [3.05, 3.63) is 36.9 Å². The predicted octanol–water partition coefficient (Wildman–Crippen LogP) is 2.94. The number of oxazole rings is 1. The molecule has 0 unspecified atom stereocenters. The Labute approximate surface area is 123 Å². The zero-order valence-corrected chi connectivity index (χ0v) is 11.8. The minimum absolute atomic E-state index is 0.0215. The fourth-order valence-corrected chi connectivity index (χ4v) is 2.86. The number of nitrogens with one attached hydrogen (secondary N) is 1. The van der Waals surface area contributed by atoms with Gasteiger partial charge >= 0.3 is 0 Å². The van der Waals surface area contributed by atoms with Crippen LogP contribution in [0, 0.1) is 0 Å². The Kier molecular flexibility index (Phi) is 3.75. The number of hydrogen-bond donors (Lipinski definition) is 2. The maximum absolute atomic E-state index is 12.1. The normalized spacial score (nSPS) is 16.8. The van der Waals surface area contributed by atoms with E-state index >= 15 is 0 Å². The molecule has 2 aromatic rings. The van der Waals surface area contributed by atoms with Crippen molar-refractivity contribution in [1.29, 1.82) is 0 Å². The molecule has 110 valence electrons. The van der Waals surface area contributed by atoms with Crippen molar-refractivity contribution in [3.8, 4) is 11.3 Å². The Hall–Kier alpha value is -2.14. The van der Waals surface area contributed by atoms with Crippen molar-refractivity contribution in [2.75, 3.05) is 5.32 Å². The third kappa shape index (κ3) is 3.31. The van der Waals surface area contributed by atoms with Crippen LogP contribution in [-0.2, 0) is 4.79 Å². The molecule has 1 saturated carbocycles. The second kappa shape index (κ2) is 5.69. The van der Waals surface area contributed by atoms with Gasteiger partial charge in [0.25, 0.3) is 0 Å². The molecule has 1 heterocycles. The Balaban J connectivity index is 1.61. The minimum atomic E-state index is -0.316. The molecule has 5 nitrogen and oxygen atoms in total. The maximum atomic E-state index is 12.1. The summed E-state index contributed by atoms with van der Waals surface area (Å²) in [7, 11) is 0. The molecule has 1 aromatic carbocycles. The average molecular weight is 285 g/mol. The molecule has 0 bridgehead atoms. The largest absolute Gasteiger partial charge is 0.444 e. The monoisotopic (exact) mass is 285 g/mol. The molecule has 0 atom stereocenters. The maximum Gasteiger partial charge on any atom is 0.226 e. The SMILES string of the molecule is NC1(CC(=O)Nc2ccc(-c3cnco3)cc2)CCCC1. The number of carbonyl (C=O) groups is 1. The average Bonchev–Trinajstić information content (AvgIpc) is 3.11. The molecular formula is C16H19N3O2. The first-order chi connectivity index (χ1) is 10.1. The van der Waals surface area contributed by atoms with Gasteiger partial charge in [0.15, 0.2) is 12.2 Å². The van der Waals surface area contributed by atoms with Crippen LogP contribution in [0.3, 0.4) is 0 Å². The molecule has 0 radical (unpaired) electrons. The number of amides is 1.